The summed E-state index contributed by atoms with van der Waals surface area (Å²) in [5, 5.41) is 20.2. The Kier molecular flexibility index (Phi) is 4.36. The van der Waals surface area contributed by atoms with E-state index in [-0.39, 0.29) is 5.69 Å². The average Bonchev–Trinajstić information content (AvgIpc) is 2.41. The van der Waals surface area contributed by atoms with Gasteiger partial charge in [-0.2, -0.15) is 0 Å². The molecule has 0 spiro atoms. The lowest BCUT2D eigenvalue weighted by Crippen LogP contribution is -1.96. The molecular formula is C14H12FNO3S. The highest BCUT2D eigenvalue weighted by atomic mass is 32.2. The topological polar surface area (TPSA) is 63.4 Å². The van der Waals surface area contributed by atoms with Crippen molar-refractivity contribution in [2.45, 2.75) is 22.8 Å². The molecule has 0 heterocycles. The fraction of sp³-hybridized carbons (Fsp3) is 0.143. The van der Waals surface area contributed by atoms with Gasteiger partial charge in [-0.25, -0.2) is 4.39 Å². The number of halogens is 1. The second kappa shape index (κ2) is 6.02. The maximum Gasteiger partial charge on any atom is 0.269 e. The summed E-state index contributed by atoms with van der Waals surface area (Å²) in [6.45, 7) is 1.56. The van der Waals surface area contributed by atoms with Crippen LogP contribution in [0.5, 0.6) is 0 Å². The predicted molar refractivity (Wildman–Crippen MR) is 74.3 cm³/mol. The molecule has 2 rings (SSSR count). The molecule has 104 valence electrons. The average molecular weight is 293 g/mol. The number of nitro benzene ring substituents is 1. The molecule has 0 unspecified atom stereocenters. The van der Waals surface area contributed by atoms with Crippen LogP contribution in [0.25, 0.3) is 0 Å². The van der Waals surface area contributed by atoms with Gasteiger partial charge in [-0.05, 0) is 30.7 Å². The zero-order chi connectivity index (χ0) is 14.7. The molecule has 2 aromatic rings. The van der Waals surface area contributed by atoms with Crippen molar-refractivity contribution in [2.75, 3.05) is 0 Å². The van der Waals surface area contributed by atoms with Crippen LogP contribution in [0.4, 0.5) is 10.1 Å². The van der Waals surface area contributed by atoms with Gasteiger partial charge in [0.2, 0.25) is 0 Å². The van der Waals surface area contributed by atoms with E-state index in [4.69, 9.17) is 0 Å². The van der Waals surface area contributed by atoms with Crippen LogP contribution in [0, 0.1) is 15.9 Å². The van der Waals surface area contributed by atoms with Gasteiger partial charge in [-0.1, -0.05) is 23.9 Å². The van der Waals surface area contributed by atoms with Crippen LogP contribution in [-0.2, 0) is 0 Å². The normalized spacial score (nSPS) is 12.2. The van der Waals surface area contributed by atoms with E-state index < -0.39 is 16.8 Å². The van der Waals surface area contributed by atoms with Gasteiger partial charge in [-0.3, -0.25) is 10.1 Å². The van der Waals surface area contributed by atoms with Gasteiger partial charge in [0.1, 0.15) is 5.82 Å². The summed E-state index contributed by atoms with van der Waals surface area (Å²) in [7, 11) is 0. The first-order valence-corrected chi connectivity index (χ1v) is 6.69. The highest BCUT2D eigenvalue weighted by Crippen LogP contribution is 2.35. The number of aliphatic hydroxyl groups excluding tert-OH is 1. The first-order chi connectivity index (χ1) is 9.49. The summed E-state index contributed by atoms with van der Waals surface area (Å²) in [6, 6.07) is 10.4. The number of benzene rings is 2. The third kappa shape index (κ3) is 3.15. The number of nitrogens with zero attached hydrogens (tertiary/aromatic N) is 1. The second-order valence-electron chi connectivity index (χ2n) is 4.19. The van der Waals surface area contributed by atoms with Crippen LogP contribution >= 0.6 is 11.8 Å². The Morgan fingerprint density at radius 3 is 2.45 bits per heavy atom. The van der Waals surface area contributed by atoms with Gasteiger partial charge in [0.25, 0.3) is 5.69 Å². The maximum atomic E-state index is 13.9. The van der Waals surface area contributed by atoms with Crippen molar-refractivity contribution in [3.05, 3.63) is 64.0 Å². The van der Waals surface area contributed by atoms with E-state index in [9.17, 15) is 19.6 Å². The fourth-order valence-electron chi connectivity index (χ4n) is 1.72. The molecule has 2 aromatic carbocycles. The molecule has 0 aliphatic carbocycles. The highest BCUT2D eigenvalue weighted by molar-refractivity contribution is 7.99. The van der Waals surface area contributed by atoms with Gasteiger partial charge in [0, 0.05) is 17.0 Å². The van der Waals surface area contributed by atoms with Crippen LogP contribution < -0.4 is 0 Å². The first-order valence-electron chi connectivity index (χ1n) is 5.88. The number of rotatable bonds is 4. The molecule has 1 N–H and O–H groups in total. The molecule has 0 radical (unpaired) electrons. The van der Waals surface area contributed by atoms with E-state index in [2.05, 4.69) is 0 Å². The van der Waals surface area contributed by atoms with E-state index in [1.165, 1.54) is 24.3 Å². The molecule has 0 bridgehead atoms. The molecule has 0 saturated heterocycles. The molecule has 6 heteroatoms. The molecule has 20 heavy (non-hydrogen) atoms. The zero-order valence-electron chi connectivity index (χ0n) is 10.6. The molecule has 0 aliphatic heterocycles. The molecule has 4 nitrogen and oxygen atoms in total. The summed E-state index contributed by atoms with van der Waals surface area (Å²) >= 11 is 1.13. The van der Waals surface area contributed by atoms with Crippen LogP contribution in [0.15, 0.2) is 52.3 Å². The lowest BCUT2D eigenvalue weighted by atomic mass is 10.1. The second-order valence-corrected chi connectivity index (χ2v) is 5.27. The van der Waals surface area contributed by atoms with Crippen molar-refractivity contribution in [1.82, 2.24) is 0 Å². The van der Waals surface area contributed by atoms with Crippen LogP contribution in [0.2, 0.25) is 0 Å². The van der Waals surface area contributed by atoms with Crippen molar-refractivity contribution < 1.29 is 14.4 Å². The lowest BCUT2D eigenvalue weighted by molar-refractivity contribution is -0.384. The summed E-state index contributed by atoms with van der Waals surface area (Å²) in [4.78, 5) is 11.1. The fourth-order valence-corrected chi connectivity index (χ4v) is 2.75. The lowest BCUT2D eigenvalue weighted by Gasteiger charge is -2.12. The Hall–Kier alpha value is -1.92. The summed E-state index contributed by atoms with van der Waals surface area (Å²) in [5.41, 5.74) is 0.479. The van der Waals surface area contributed by atoms with Crippen molar-refractivity contribution in [2.24, 2.45) is 0 Å². The van der Waals surface area contributed by atoms with E-state index >= 15 is 0 Å². The number of hydrogen-bond acceptors (Lipinski definition) is 4. The van der Waals surface area contributed by atoms with Gasteiger partial charge in [0.05, 0.1) is 15.9 Å². The van der Waals surface area contributed by atoms with Crippen molar-refractivity contribution in [3.63, 3.8) is 0 Å². The number of non-ortho nitro benzene ring substituents is 1. The van der Waals surface area contributed by atoms with Gasteiger partial charge in [0.15, 0.2) is 0 Å². The van der Waals surface area contributed by atoms with Crippen LogP contribution in [0.1, 0.15) is 18.6 Å². The molecule has 0 saturated carbocycles. The molecule has 0 aliphatic rings. The van der Waals surface area contributed by atoms with E-state index in [0.717, 1.165) is 11.8 Å². The first kappa shape index (κ1) is 14.5. The van der Waals surface area contributed by atoms with Crippen molar-refractivity contribution >= 4 is 17.4 Å². The van der Waals surface area contributed by atoms with Gasteiger partial charge < -0.3 is 5.11 Å². The number of nitro groups is 1. The van der Waals surface area contributed by atoms with Crippen LogP contribution in [-0.4, -0.2) is 10.0 Å². The standard InChI is InChI=1S/C14H12FNO3S/c1-9(17)12-3-2-4-13(15)14(12)20-11-7-5-10(6-8-11)16(18)19/h2-9,17H,1H3/t9-/m1/s1. The zero-order valence-corrected chi connectivity index (χ0v) is 11.4. The van der Waals surface area contributed by atoms with Gasteiger partial charge >= 0.3 is 0 Å². The van der Waals surface area contributed by atoms with Crippen LogP contribution in [0.3, 0.4) is 0 Å². The summed E-state index contributed by atoms with van der Waals surface area (Å²) < 4.78 is 13.9. The number of aliphatic hydroxyl groups is 1. The molecule has 0 aromatic heterocycles. The Morgan fingerprint density at radius 2 is 1.90 bits per heavy atom. The molecule has 0 fully saturated rings. The number of hydrogen-bond donors (Lipinski definition) is 1. The minimum Gasteiger partial charge on any atom is -0.389 e. The predicted octanol–water partition coefficient (Wildman–Crippen LogP) is 3.94. The Morgan fingerprint density at radius 1 is 1.25 bits per heavy atom. The smallest absolute Gasteiger partial charge is 0.269 e. The minimum absolute atomic E-state index is 0.0152. The van der Waals surface area contributed by atoms with E-state index in [0.29, 0.717) is 15.4 Å². The SMILES string of the molecule is C[C@@H](O)c1cccc(F)c1Sc1ccc([N+](=O)[O-])cc1. The van der Waals surface area contributed by atoms with E-state index in [1.54, 1.807) is 25.1 Å². The monoisotopic (exact) mass is 293 g/mol. The molecule has 0 amide bonds. The Bertz CT molecular complexity index is 629. The highest BCUT2D eigenvalue weighted by Gasteiger charge is 2.14. The largest absolute Gasteiger partial charge is 0.389 e. The van der Waals surface area contributed by atoms with Crippen molar-refractivity contribution in [3.8, 4) is 0 Å². The summed E-state index contributed by atoms with van der Waals surface area (Å²) in [5.74, 6) is -0.424. The van der Waals surface area contributed by atoms with Crippen molar-refractivity contribution in [1.29, 1.82) is 0 Å². The Labute approximate surface area is 119 Å². The minimum atomic E-state index is -0.786. The quantitative estimate of drug-likeness (QED) is 0.685. The molecule has 1 atom stereocenters. The molecular weight excluding hydrogens is 281 g/mol. The maximum absolute atomic E-state index is 13.9. The third-order valence-electron chi connectivity index (χ3n) is 2.71. The Balaban J connectivity index is 2.32. The summed E-state index contributed by atoms with van der Waals surface area (Å²) in [6.07, 6.45) is -0.786. The van der Waals surface area contributed by atoms with Gasteiger partial charge in [-0.15, -0.1) is 0 Å². The third-order valence-corrected chi connectivity index (χ3v) is 3.86. The van der Waals surface area contributed by atoms with E-state index in [1.807, 2.05) is 0 Å².